The Labute approximate surface area is 153 Å². The summed E-state index contributed by atoms with van der Waals surface area (Å²) in [5.74, 6) is 1.15. The maximum absolute atomic E-state index is 12.2. The van der Waals surface area contributed by atoms with Gasteiger partial charge in [-0.2, -0.15) is 0 Å². The van der Waals surface area contributed by atoms with Crippen LogP contribution >= 0.6 is 0 Å². The normalized spacial score (nSPS) is 12.2. The lowest BCUT2D eigenvalue weighted by atomic mass is 9.90. The summed E-state index contributed by atoms with van der Waals surface area (Å²) in [5.41, 5.74) is 4.08. The summed E-state index contributed by atoms with van der Waals surface area (Å²) in [4.78, 5) is 12.2. The van der Waals surface area contributed by atoms with E-state index in [9.17, 15) is 4.79 Å². The molecule has 0 saturated carbocycles. The molecule has 0 spiro atoms. The lowest BCUT2D eigenvalue weighted by Crippen LogP contribution is -2.12. The van der Waals surface area contributed by atoms with Gasteiger partial charge in [0.2, 0.25) is 0 Å². The van der Waals surface area contributed by atoms with E-state index in [2.05, 4.69) is 13.0 Å². The largest absolute Gasteiger partial charge is 0.497 e. The lowest BCUT2D eigenvalue weighted by Gasteiger charge is -2.16. The van der Waals surface area contributed by atoms with E-state index in [1.54, 1.807) is 7.11 Å². The van der Waals surface area contributed by atoms with Crippen molar-refractivity contribution in [2.24, 2.45) is 0 Å². The number of furan rings is 1. The first-order valence-electron chi connectivity index (χ1n) is 8.82. The molecule has 1 unspecified atom stereocenters. The van der Waals surface area contributed by atoms with Gasteiger partial charge in [-0.1, -0.05) is 23.8 Å². The number of hydrogen-bond donors (Lipinski definition) is 0. The van der Waals surface area contributed by atoms with Crippen molar-refractivity contribution in [1.29, 1.82) is 0 Å². The molecule has 0 radical (unpaired) electrons. The smallest absolute Gasteiger partial charge is 0.306 e. The first-order chi connectivity index (χ1) is 12.5. The van der Waals surface area contributed by atoms with Crippen molar-refractivity contribution < 1.29 is 18.7 Å². The topological polar surface area (TPSA) is 48.7 Å². The van der Waals surface area contributed by atoms with Crippen LogP contribution < -0.4 is 4.74 Å². The molecule has 4 nitrogen and oxygen atoms in total. The zero-order valence-corrected chi connectivity index (χ0v) is 15.7. The second-order valence-corrected chi connectivity index (χ2v) is 6.43. The molecular weight excluding hydrogens is 328 g/mol. The predicted molar refractivity (Wildman–Crippen MR) is 102 cm³/mol. The number of hydrogen-bond acceptors (Lipinski definition) is 4. The van der Waals surface area contributed by atoms with Crippen LogP contribution in [0.3, 0.4) is 0 Å². The Morgan fingerprint density at radius 1 is 1.12 bits per heavy atom. The average Bonchev–Trinajstić information content (AvgIpc) is 2.96. The highest BCUT2D eigenvalue weighted by molar-refractivity contribution is 5.83. The SMILES string of the molecule is CCOC(=O)CC(c1ccc(OC)cc1)c1oc2ccc(C)cc2c1C. The minimum Gasteiger partial charge on any atom is -0.497 e. The predicted octanol–water partition coefficient (Wildman–Crippen LogP) is 5.14. The number of aryl methyl sites for hydroxylation is 2. The molecule has 1 atom stereocenters. The van der Waals surface area contributed by atoms with Crippen LogP contribution in [-0.4, -0.2) is 19.7 Å². The van der Waals surface area contributed by atoms with Crippen LogP contribution in [0.1, 0.15) is 41.7 Å². The Morgan fingerprint density at radius 3 is 2.50 bits per heavy atom. The number of benzene rings is 2. The van der Waals surface area contributed by atoms with Crippen molar-refractivity contribution >= 4 is 16.9 Å². The Bertz CT molecular complexity index is 906. The van der Waals surface area contributed by atoms with Crippen molar-refractivity contribution in [3.05, 3.63) is 64.9 Å². The fraction of sp³-hybridized carbons (Fsp3) is 0.318. The summed E-state index contributed by atoms with van der Waals surface area (Å²) < 4.78 is 16.6. The molecule has 0 aliphatic heterocycles. The highest BCUT2D eigenvalue weighted by Gasteiger charge is 2.25. The summed E-state index contributed by atoms with van der Waals surface area (Å²) in [6.45, 7) is 6.29. The minimum atomic E-state index is -0.232. The number of carbonyl (C=O) groups is 1. The molecule has 3 aromatic rings. The highest BCUT2D eigenvalue weighted by Crippen LogP contribution is 2.37. The van der Waals surface area contributed by atoms with Crippen LogP contribution in [0.5, 0.6) is 5.75 Å². The Balaban J connectivity index is 2.07. The zero-order valence-electron chi connectivity index (χ0n) is 15.7. The van der Waals surface area contributed by atoms with Crippen molar-refractivity contribution in [2.45, 2.75) is 33.1 Å². The van der Waals surface area contributed by atoms with Crippen LogP contribution in [-0.2, 0) is 9.53 Å². The number of esters is 1. The van der Waals surface area contributed by atoms with Crippen LogP contribution in [0.2, 0.25) is 0 Å². The van der Waals surface area contributed by atoms with Crippen LogP contribution in [0.15, 0.2) is 46.9 Å². The zero-order chi connectivity index (χ0) is 18.7. The summed E-state index contributed by atoms with van der Waals surface area (Å²) >= 11 is 0. The van der Waals surface area contributed by atoms with E-state index < -0.39 is 0 Å². The van der Waals surface area contributed by atoms with Crippen LogP contribution in [0.25, 0.3) is 11.0 Å². The second-order valence-electron chi connectivity index (χ2n) is 6.43. The van der Waals surface area contributed by atoms with Gasteiger partial charge < -0.3 is 13.9 Å². The standard InChI is InChI=1S/C22H24O4/c1-5-25-21(23)13-19(16-7-9-17(24-4)10-8-16)22-15(3)18-12-14(2)6-11-20(18)26-22/h6-12,19H,5,13H2,1-4H3. The molecule has 136 valence electrons. The van der Waals surface area contributed by atoms with E-state index in [0.717, 1.165) is 33.6 Å². The van der Waals surface area contributed by atoms with Crippen molar-refractivity contribution in [2.75, 3.05) is 13.7 Å². The van der Waals surface area contributed by atoms with Crippen molar-refractivity contribution in [3.63, 3.8) is 0 Å². The molecule has 0 aliphatic carbocycles. The van der Waals surface area contributed by atoms with Gasteiger partial charge >= 0.3 is 5.97 Å². The van der Waals surface area contributed by atoms with E-state index in [-0.39, 0.29) is 18.3 Å². The van der Waals surface area contributed by atoms with Gasteiger partial charge in [-0.15, -0.1) is 0 Å². The van der Waals surface area contributed by atoms with E-state index in [1.165, 1.54) is 5.56 Å². The van der Waals surface area contributed by atoms with Gasteiger partial charge in [0.05, 0.1) is 26.1 Å². The second kappa shape index (κ2) is 7.65. The number of methoxy groups -OCH3 is 1. The minimum absolute atomic E-state index is 0.201. The molecular formula is C22H24O4. The fourth-order valence-corrected chi connectivity index (χ4v) is 3.27. The molecule has 4 heteroatoms. The van der Waals surface area contributed by atoms with Crippen molar-refractivity contribution in [3.8, 4) is 5.75 Å². The monoisotopic (exact) mass is 352 g/mol. The molecule has 1 heterocycles. The van der Waals surface area contributed by atoms with Gasteiger partial charge in [0.25, 0.3) is 0 Å². The summed E-state index contributed by atoms with van der Waals surface area (Å²) in [7, 11) is 1.64. The van der Waals surface area contributed by atoms with Gasteiger partial charge in [-0.05, 0) is 56.2 Å². The Morgan fingerprint density at radius 2 is 1.85 bits per heavy atom. The molecule has 0 N–H and O–H groups in total. The third-order valence-corrected chi connectivity index (χ3v) is 4.64. The molecule has 0 aliphatic rings. The van der Waals surface area contributed by atoms with Gasteiger partial charge in [0, 0.05) is 5.39 Å². The van der Waals surface area contributed by atoms with E-state index >= 15 is 0 Å². The molecule has 2 aromatic carbocycles. The van der Waals surface area contributed by atoms with Crippen LogP contribution in [0.4, 0.5) is 0 Å². The fourth-order valence-electron chi connectivity index (χ4n) is 3.27. The molecule has 1 aromatic heterocycles. The number of fused-ring (bicyclic) bond motifs is 1. The van der Waals surface area contributed by atoms with E-state index in [4.69, 9.17) is 13.9 Å². The molecule has 0 bridgehead atoms. The van der Waals surface area contributed by atoms with Crippen LogP contribution in [0, 0.1) is 13.8 Å². The maximum Gasteiger partial charge on any atom is 0.306 e. The van der Waals surface area contributed by atoms with Crippen molar-refractivity contribution in [1.82, 2.24) is 0 Å². The Hall–Kier alpha value is -2.75. The molecule has 0 fully saturated rings. The third kappa shape index (κ3) is 3.59. The maximum atomic E-state index is 12.2. The van der Waals surface area contributed by atoms with E-state index in [0.29, 0.717) is 6.61 Å². The summed E-state index contributed by atoms with van der Waals surface area (Å²) in [6, 6.07) is 13.9. The summed E-state index contributed by atoms with van der Waals surface area (Å²) in [6.07, 6.45) is 0.236. The first-order valence-corrected chi connectivity index (χ1v) is 8.82. The number of carbonyl (C=O) groups excluding carboxylic acids is 1. The molecule has 26 heavy (non-hydrogen) atoms. The van der Waals surface area contributed by atoms with Gasteiger partial charge in [-0.25, -0.2) is 0 Å². The van der Waals surface area contributed by atoms with E-state index in [1.807, 2.05) is 50.2 Å². The third-order valence-electron chi connectivity index (χ3n) is 4.64. The lowest BCUT2D eigenvalue weighted by molar-refractivity contribution is -0.143. The molecule has 0 amide bonds. The van der Waals surface area contributed by atoms with Gasteiger partial charge in [0.1, 0.15) is 17.1 Å². The Kier molecular flexibility index (Phi) is 5.31. The average molecular weight is 352 g/mol. The molecule has 0 saturated heterocycles. The molecule has 3 rings (SSSR count). The number of ether oxygens (including phenoxy) is 2. The van der Waals surface area contributed by atoms with Gasteiger partial charge in [-0.3, -0.25) is 4.79 Å². The summed E-state index contributed by atoms with van der Waals surface area (Å²) in [5, 5.41) is 1.09. The quantitative estimate of drug-likeness (QED) is 0.576. The van der Waals surface area contributed by atoms with Gasteiger partial charge in [0.15, 0.2) is 0 Å². The number of rotatable bonds is 6. The highest BCUT2D eigenvalue weighted by atomic mass is 16.5. The first kappa shape index (κ1) is 18.1.